The van der Waals surface area contributed by atoms with E-state index in [0.29, 0.717) is 0 Å². The molecule has 0 unspecified atom stereocenters. The molecule has 0 heterocycles. The van der Waals surface area contributed by atoms with Gasteiger partial charge in [0.15, 0.2) is 0 Å². The molecule has 11 heavy (non-hydrogen) atoms. The summed E-state index contributed by atoms with van der Waals surface area (Å²) in [5.41, 5.74) is 9.40. The number of hydrogen-bond donors (Lipinski definition) is 2. The second-order valence-corrected chi connectivity index (χ2v) is 2.84. The van der Waals surface area contributed by atoms with Crippen LogP contribution in [0, 0.1) is 5.41 Å². The minimum Gasteiger partial charge on any atom is -0.315 e. The van der Waals surface area contributed by atoms with Crippen molar-refractivity contribution >= 4 is 11.6 Å². The summed E-state index contributed by atoms with van der Waals surface area (Å²) in [6.45, 7) is 4.09. The second-order valence-electron chi connectivity index (χ2n) is 2.84. The van der Waals surface area contributed by atoms with E-state index in [1.807, 2.05) is 0 Å². The van der Waals surface area contributed by atoms with Gasteiger partial charge in [-0.2, -0.15) is 0 Å². The predicted molar refractivity (Wildman–Crippen MR) is 41.6 cm³/mol. The maximum atomic E-state index is 11.0. The molecule has 0 atom stereocenters. The van der Waals surface area contributed by atoms with Crippen LogP contribution in [0.5, 0.6) is 0 Å². The third kappa shape index (κ3) is 1.64. The fourth-order valence-electron chi connectivity index (χ4n) is 0.717. The molecule has 0 rings (SSSR count). The Morgan fingerprint density at radius 1 is 1.18 bits per heavy atom. The number of carbonyl (C=O) groups is 2. The topological polar surface area (TPSA) is 86.2 Å². The van der Waals surface area contributed by atoms with Gasteiger partial charge in [-0.05, 0) is 20.8 Å². The molecule has 64 valence electrons. The van der Waals surface area contributed by atoms with Gasteiger partial charge >= 0.3 is 0 Å². The Balaban J connectivity index is 4.82. The molecule has 0 radical (unpaired) electrons. The van der Waals surface area contributed by atoms with Gasteiger partial charge in [0, 0.05) is 0 Å². The van der Waals surface area contributed by atoms with Crippen molar-refractivity contribution in [3.05, 3.63) is 0 Å². The standard InChI is InChI=1S/C7H14N2O2/c1-4(10)7(3,5(2)11)6(8)9/h6H,8-9H2,1-3H3. The molecule has 0 aromatic rings. The normalized spacial score (nSPS) is 11.8. The molecule has 0 aromatic carbocycles. The molecule has 0 spiro atoms. The van der Waals surface area contributed by atoms with Crippen molar-refractivity contribution in [2.75, 3.05) is 0 Å². The molecule has 4 nitrogen and oxygen atoms in total. The first-order valence-corrected chi connectivity index (χ1v) is 3.36. The summed E-state index contributed by atoms with van der Waals surface area (Å²) in [6, 6.07) is 0. The van der Waals surface area contributed by atoms with Crippen molar-refractivity contribution in [1.29, 1.82) is 0 Å². The highest BCUT2D eigenvalue weighted by molar-refractivity contribution is 6.05. The molecular weight excluding hydrogens is 144 g/mol. The number of carbonyl (C=O) groups excluding carboxylic acids is 2. The molecule has 4 heteroatoms. The molecule has 0 aliphatic rings. The quantitative estimate of drug-likeness (QED) is 0.424. The maximum absolute atomic E-state index is 11.0. The van der Waals surface area contributed by atoms with Gasteiger partial charge in [-0.3, -0.25) is 9.59 Å². The molecule has 0 aromatic heterocycles. The fourth-order valence-corrected chi connectivity index (χ4v) is 0.717. The van der Waals surface area contributed by atoms with Crippen LogP contribution in [0.3, 0.4) is 0 Å². The Morgan fingerprint density at radius 3 is 1.45 bits per heavy atom. The van der Waals surface area contributed by atoms with Crippen LogP contribution in [0.2, 0.25) is 0 Å². The minimum absolute atomic E-state index is 0.292. The van der Waals surface area contributed by atoms with Gasteiger partial charge in [-0.25, -0.2) is 0 Å². The molecule has 0 saturated heterocycles. The Morgan fingerprint density at radius 2 is 1.45 bits per heavy atom. The molecule has 0 bridgehead atoms. The fraction of sp³-hybridized carbons (Fsp3) is 0.714. The van der Waals surface area contributed by atoms with Gasteiger partial charge in [0.25, 0.3) is 0 Å². The van der Waals surface area contributed by atoms with E-state index >= 15 is 0 Å². The lowest BCUT2D eigenvalue weighted by Crippen LogP contribution is -2.54. The Hall–Kier alpha value is -0.740. The van der Waals surface area contributed by atoms with Crippen molar-refractivity contribution < 1.29 is 9.59 Å². The zero-order valence-electron chi connectivity index (χ0n) is 7.05. The highest BCUT2D eigenvalue weighted by Gasteiger charge is 2.39. The van der Waals surface area contributed by atoms with E-state index in [1.54, 1.807) is 0 Å². The minimum atomic E-state index is -1.22. The summed E-state index contributed by atoms with van der Waals surface area (Å²) in [5.74, 6) is -0.583. The van der Waals surface area contributed by atoms with Crippen LogP contribution >= 0.6 is 0 Å². The summed E-state index contributed by atoms with van der Waals surface area (Å²) in [6.07, 6.45) is -0.919. The van der Waals surface area contributed by atoms with Crippen molar-refractivity contribution in [2.45, 2.75) is 26.9 Å². The van der Waals surface area contributed by atoms with Crippen molar-refractivity contribution in [3.8, 4) is 0 Å². The van der Waals surface area contributed by atoms with Crippen molar-refractivity contribution in [1.82, 2.24) is 0 Å². The van der Waals surface area contributed by atoms with Crippen molar-refractivity contribution in [2.24, 2.45) is 16.9 Å². The van der Waals surface area contributed by atoms with E-state index in [4.69, 9.17) is 11.5 Å². The number of nitrogens with two attached hydrogens (primary N) is 2. The lowest BCUT2D eigenvalue weighted by Gasteiger charge is -2.26. The van der Waals surface area contributed by atoms with E-state index in [1.165, 1.54) is 20.8 Å². The van der Waals surface area contributed by atoms with Crippen LogP contribution in [0.15, 0.2) is 0 Å². The summed E-state index contributed by atoms with van der Waals surface area (Å²) in [7, 11) is 0. The maximum Gasteiger partial charge on any atom is 0.145 e. The number of Topliss-reactive ketones (excluding diaryl/α,β-unsaturated/α-hetero) is 2. The molecule has 0 saturated carbocycles. The highest BCUT2D eigenvalue weighted by Crippen LogP contribution is 2.19. The van der Waals surface area contributed by atoms with Crippen LogP contribution in [-0.2, 0) is 9.59 Å². The lowest BCUT2D eigenvalue weighted by atomic mass is 9.80. The van der Waals surface area contributed by atoms with Gasteiger partial charge in [-0.15, -0.1) is 0 Å². The van der Waals surface area contributed by atoms with Crippen LogP contribution in [0.4, 0.5) is 0 Å². The van der Waals surface area contributed by atoms with Crippen molar-refractivity contribution in [3.63, 3.8) is 0 Å². The summed E-state index contributed by atoms with van der Waals surface area (Å²) in [4.78, 5) is 21.9. The van der Waals surface area contributed by atoms with Crippen LogP contribution in [0.1, 0.15) is 20.8 Å². The molecule has 0 aliphatic heterocycles. The third-order valence-electron chi connectivity index (χ3n) is 2.13. The van der Waals surface area contributed by atoms with Crippen LogP contribution in [-0.4, -0.2) is 17.7 Å². The summed E-state index contributed by atoms with van der Waals surface area (Å²) in [5, 5.41) is 0. The summed E-state index contributed by atoms with van der Waals surface area (Å²) >= 11 is 0. The van der Waals surface area contributed by atoms with Crippen LogP contribution < -0.4 is 11.5 Å². The molecular formula is C7H14N2O2. The first kappa shape index (κ1) is 10.3. The first-order valence-electron chi connectivity index (χ1n) is 3.36. The van der Waals surface area contributed by atoms with E-state index in [9.17, 15) is 9.59 Å². The zero-order valence-corrected chi connectivity index (χ0v) is 7.05. The van der Waals surface area contributed by atoms with Crippen LogP contribution in [0.25, 0.3) is 0 Å². The number of ketones is 2. The van der Waals surface area contributed by atoms with E-state index < -0.39 is 11.6 Å². The summed E-state index contributed by atoms with van der Waals surface area (Å²) < 4.78 is 0. The third-order valence-corrected chi connectivity index (χ3v) is 2.13. The van der Waals surface area contributed by atoms with Gasteiger partial charge < -0.3 is 11.5 Å². The molecule has 0 amide bonds. The number of rotatable bonds is 3. The zero-order chi connectivity index (χ0) is 9.23. The Kier molecular flexibility index (Phi) is 2.90. The Labute approximate surface area is 65.9 Å². The van der Waals surface area contributed by atoms with Gasteiger partial charge in [0.05, 0.1) is 6.17 Å². The highest BCUT2D eigenvalue weighted by atomic mass is 16.2. The largest absolute Gasteiger partial charge is 0.315 e. The average molecular weight is 158 g/mol. The van der Waals surface area contributed by atoms with E-state index in [-0.39, 0.29) is 11.6 Å². The molecule has 0 aliphatic carbocycles. The van der Waals surface area contributed by atoms with Gasteiger partial charge in [0.1, 0.15) is 17.0 Å². The Bertz CT molecular complexity index is 173. The van der Waals surface area contributed by atoms with Gasteiger partial charge in [-0.1, -0.05) is 0 Å². The van der Waals surface area contributed by atoms with Gasteiger partial charge in [0.2, 0.25) is 0 Å². The monoisotopic (exact) mass is 158 g/mol. The second kappa shape index (κ2) is 3.11. The smallest absolute Gasteiger partial charge is 0.145 e. The number of hydrogen-bond acceptors (Lipinski definition) is 4. The van der Waals surface area contributed by atoms with E-state index in [2.05, 4.69) is 0 Å². The lowest BCUT2D eigenvalue weighted by molar-refractivity contribution is -0.138. The first-order chi connectivity index (χ1) is 4.83. The molecule has 4 N–H and O–H groups in total. The van der Waals surface area contributed by atoms with E-state index in [0.717, 1.165) is 0 Å². The SMILES string of the molecule is CC(=O)C(C)(C(C)=O)C(N)N. The molecule has 0 fully saturated rings. The average Bonchev–Trinajstić information content (AvgIpc) is 1.84. The predicted octanol–water partition coefficient (Wildman–Crippen LogP) is -0.586.